The molecule has 0 aliphatic rings. The van der Waals surface area contributed by atoms with Crippen molar-refractivity contribution in [1.29, 1.82) is 0 Å². The van der Waals surface area contributed by atoms with E-state index in [1.54, 1.807) is 35.5 Å². The van der Waals surface area contributed by atoms with E-state index in [9.17, 15) is 4.79 Å². The Bertz CT molecular complexity index is 730. The Balaban J connectivity index is 1.75. The van der Waals surface area contributed by atoms with E-state index in [0.29, 0.717) is 18.0 Å². The summed E-state index contributed by atoms with van der Waals surface area (Å²) >= 11 is 1.62. The molecule has 0 bridgehead atoms. The normalized spacial score (nSPS) is 12.1. The van der Waals surface area contributed by atoms with Crippen LogP contribution in [-0.2, 0) is 7.05 Å². The number of carbonyl (C=O) groups is 1. The summed E-state index contributed by atoms with van der Waals surface area (Å²) < 4.78 is 8.52. The first kappa shape index (κ1) is 15.3. The summed E-state index contributed by atoms with van der Waals surface area (Å²) in [6.45, 7) is 0.426. The maximum Gasteiger partial charge on any atom is 0.258 e. The van der Waals surface area contributed by atoms with Crippen molar-refractivity contribution >= 4 is 17.2 Å². The van der Waals surface area contributed by atoms with Crippen molar-refractivity contribution in [1.82, 2.24) is 24.9 Å². The number of nitrogens with one attached hydrogen (secondary N) is 1. The maximum atomic E-state index is 12.4. The number of rotatable bonds is 6. The lowest BCUT2D eigenvalue weighted by Gasteiger charge is -2.17. The molecule has 0 saturated heterocycles. The van der Waals surface area contributed by atoms with E-state index in [-0.39, 0.29) is 11.9 Å². The Hall–Kier alpha value is -2.61. The second-order valence-corrected chi connectivity index (χ2v) is 5.77. The molecule has 3 aromatic rings. The number of amides is 1. The van der Waals surface area contributed by atoms with E-state index in [1.807, 2.05) is 28.4 Å². The van der Waals surface area contributed by atoms with Gasteiger partial charge in [-0.25, -0.2) is 0 Å². The minimum absolute atomic E-state index is 0.0529. The molecule has 0 unspecified atom stereocenters. The first-order chi connectivity index (χ1) is 11.2. The second kappa shape index (κ2) is 6.66. The molecule has 3 aromatic heterocycles. The zero-order valence-electron chi connectivity index (χ0n) is 12.8. The topological polar surface area (TPSA) is 74.0 Å². The zero-order chi connectivity index (χ0) is 16.2. The largest absolute Gasteiger partial charge is 0.479 e. The Labute approximate surface area is 137 Å². The van der Waals surface area contributed by atoms with E-state index in [4.69, 9.17) is 4.74 Å². The quantitative estimate of drug-likeness (QED) is 0.746. The van der Waals surface area contributed by atoms with Crippen LogP contribution in [0.25, 0.3) is 0 Å². The predicted molar refractivity (Wildman–Crippen MR) is 86.8 cm³/mol. The molecule has 0 aliphatic carbocycles. The van der Waals surface area contributed by atoms with E-state index in [2.05, 4.69) is 20.9 Å². The van der Waals surface area contributed by atoms with Crippen LogP contribution in [0.3, 0.4) is 0 Å². The van der Waals surface area contributed by atoms with Crippen LogP contribution in [0.5, 0.6) is 5.88 Å². The van der Waals surface area contributed by atoms with Gasteiger partial charge < -0.3 is 10.1 Å². The van der Waals surface area contributed by atoms with E-state index < -0.39 is 0 Å². The number of carbonyl (C=O) groups excluding carboxylic acids is 1. The molecule has 7 nitrogen and oxygen atoms in total. The molecule has 0 radical (unpaired) electrons. The fourth-order valence-corrected chi connectivity index (χ4v) is 3.06. The van der Waals surface area contributed by atoms with Crippen LogP contribution in [0.2, 0.25) is 0 Å². The van der Waals surface area contributed by atoms with Gasteiger partial charge in [-0.15, -0.1) is 5.10 Å². The predicted octanol–water partition coefficient (Wildman–Crippen LogP) is 1.71. The summed E-state index contributed by atoms with van der Waals surface area (Å²) in [6.07, 6.45) is 5.26. The van der Waals surface area contributed by atoms with Gasteiger partial charge in [0.05, 0.1) is 13.2 Å². The number of aromatic nitrogens is 4. The molecule has 0 spiro atoms. The van der Waals surface area contributed by atoms with Crippen LogP contribution in [-0.4, -0.2) is 39.1 Å². The summed E-state index contributed by atoms with van der Waals surface area (Å²) in [4.78, 5) is 12.4. The number of nitrogens with zero attached hydrogens (tertiary/aromatic N) is 4. The molecular weight excluding hydrogens is 314 g/mol. The maximum absolute atomic E-state index is 12.4. The molecule has 3 rings (SSSR count). The molecule has 8 heteroatoms. The highest BCUT2D eigenvalue weighted by atomic mass is 32.1. The van der Waals surface area contributed by atoms with Gasteiger partial charge in [0, 0.05) is 32.2 Å². The highest BCUT2D eigenvalue weighted by molar-refractivity contribution is 7.07. The average molecular weight is 331 g/mol. The lowest BCUT2D eigenvalue weighted by atomic mass is 10.1. The number of hydrogen-bond donors (Lipinski definition) is 1. The van der Waals surface area contributed by atoms with E-state index >= 15 is 0 Å². The summed E-state index contributed by atoms with van der Waals surface area (Å²) in [5, 5.41) is 15.4. The molecule has 0 aliphatic heterocycles. The standard InChI is InChI=1S/C15H17N5O2S/c1-19-9-12(15(18-19)22-2)14(21)16-8-13(11-4-7-23-10-11)20-6-3-5-17-20/h3-7,9-10,13H,8H2,1-2H3,(H,16,21)/t13-/m0/s1. The van der Waals surface area contributed by atoms with Crippen molar-refractivity contribution in [2.24, 2.45) is 7.05 Å². The van der Waals surface area contributed by atoms with Gasteiger partial charge in [0.15, 0.2) is 0 Å². The Morgan fingerprint density at radius 3 is 3.04 bits per heavy atom. The SMILES string of the molecule is COc1nn(C)cc1C(=O)NC[C@@H](c1ccsc1)n1cccn1. The smallest absolute Gasteiger partial charge is 0.258 e. The van der Waals surface area contributed by atoms with Crippen LogP contribution in [0, 0.1) is 0 Å². The van der Waals surface area contributed by atoms with E-state index in [1.165, 1.54) is 7.11 Å². The summed E-state index contributed by atoms with van der Waals surface area (Å²) in [7, 11) is 3.24. The van der Waals surface area contributed by atoms with Gasteiger partial charge >= 0.3 is 0 Å². The monoisotopic (exact) mass is 331 g/mol. The first-order valence-corrected chi connectivity index (χ1v) is 8.00. The van der Waals surface area contributed by atoms with Crippen LogP contribution in [0.15, 0.2) is 41.5 Å². The van der Waals surface area contributed by atoms with Gasteiger partial charge in [0.1, 0.15) is 5.56 Å². The molecular formula is C15H17N5O2S. The van der Waals surface area contributed by atoms with Crippen LogP contribution in [0.1, 0.15) is 22.0 Å². The van der Waals surface area contributed by atoms with Crippen molar-refractivity contribution < 1.29 is 9.53 Å². The van der Waals surface area contributed by atoms with Crippen molar-refractivity contribution in [3.05, 3.63) is 52.6 Å². The molecule has 1 N–H and O–H groups in total. The molecule has 1 atom stereocenters. The molecule has 1 amide bonds. The van der Waals surface area contributed by atoms with Crippen molar-refractivity contribution in [3.63, 3.8) is 0 Å². The molecule has 3 heterocycles. The van der Waals surface area contributed by atoms with Crippen molar-refractivity contribution in [2.75, 3.05) is 13.7 Å². The molecule has 0 aromatic carbocycles. The molecule has 0 saturated carbocycles. The highest BCUT2D eigenvalue weighted by Gasteiger charge is 2.20. The Morgan fingerprint density at radius 2 is 2.39 bits per heavy atom. The van der Waals surface area contributed by atoms with Gasteiger partial charge in [-0.2, -0.15) is 16.4 Å². The third-order valence-corrected chi connectivity index (χ3v) is 4.16. The number of hydrogen-bond acceptors (Lipinski definition) is 5. The first-order valence-electron chi connectivity index (χ1n) is 7.06. The minimum Gasteiger partial charge on any atom is -0.479 e. The summed E-state index contributed by atoms with van der Waals surface area (Å²) in [5.41, 5.74) is 1.52. The van der Waals surface area contributed by atoms with Gasteiger partial charge in [-0.1, -0.05) is 0 Å². The number of aryl methyl sites for hydroxylation is 1. The van der Waals surface area contributed by atoms with Gasteiger partial charge in [-0.3, -0.25) is 14.2 Å². The third kappa shape index (κ3) is 3.26. The van der Waals surface area contributed by atoms with Crippen molar-refractivity contribution in [3.8, 4) is 5.88 Å². The lowest BCUT2D eigenvalue weighted by molar-refractivity contribution is 0.0946. The Morgan fingerprint density at radius 1 is 1.52 bits per heavy atom. The van der Waals surface area contributed by atoms with Gasteiger partial charge in [0.2, 0.25) is 5.88 Å². The van der Waals surface area contributed by atoms with Crippen LogP contribution in [0.4, 0.5) is 0 Å². The van der Waals surface area contributed by atoms with Crippen LogP contribution >= 0.6 is 11.3 Å². The lowest BCUT2D eigenvalue weighted by Crippen LogP contribution is -2.31. The fourth-order valence-electron chi connectivity index (χ4n) is 2.35. The fraction of sp³-hybridized carbons (Fsp3) is 0.267. The van der Waals surface area contributed by atoms with Gasteiger partial charge in [0.25, 0.3) is 5.91 Å². The van der Waals surface area contributed by atoms with Crippen molar-refractivity contribution in [2.45, 2.75) is 6.04 Å². The molecule has 0 fully saturated rings. The average Bonchev–Trinajstić information content (AvgIpc) is 3.28. The number of methoxy groups -OCH3 is 1. The van der Waals surface area contributed by atoms with Crippen LogP contribution < -0.4 is 10.1 Å². The third-order valence-electron chi connectivity index (χ3n) is 3.46. The number of thiophene rings is 1. The highest BCUT2D eigenvalue weighted by Crippen LogP contribution is 2.20. The summed E-state index contributed by atoms with van der Waals surface area (Å²) in [6, 6.07) is 3.85. The zero-order valence-corrected chi connectivity index (χ0v) is 13.7. The Kier molecular flexibility index (Phi) is 4.42. The number of ether oxygens (including phenoxy) is 1. The molecule has 120 valence electrons. The molecule has 23 heavy (non-hydrogen) atoms. The second-order valence-electron chi connectivity index (χ2n) is 4.99. The van der Waals surface area contributed by atoms with E-state index in [0.717, 1.165) is 5.56 Å². The minimum atomic E-state index is -0.220. The van der Waals surface area contributed by atoms with Gasteiger partial charge in [-0.05, 0) is 28.5 Å². The summed E-state index contributed by atoms with van der Waals surface area (Å²) in [5.74, 6) is 0.0958.